The van der Waals surface area contributed by atoms with Gasteiger partial charge in [0.1, 0.15) is 5.56 Å². The number of carbonyl (C=O) groups is 1. The van der Waals surface area contributed by atoms with Crippen molar-refractivity contribution in [1.82, 2.24) is 4.98 Å². The van der Waals surface area contributed by atoms with Gasteiger partial charge >= 0.3 is 18.5 Å². The fourth-order valence-electron chi connectivity index (χ4n) is 1.42. The van der Waals surface area contributed by atoms with Crippen LogP contribution in [0.5, 0.6) is 5.75 Å². The molecule has 0 amide bonds. The molecule has 5 nitrogen and oxygen atoms in total. The van der Waals surface area contributed by atoms with Crippen molar-refractivity contribution in [2.24, 2.45) is 5.73 Å². The molecule has 1 heterocycles. The first-order valence-electron chi connectivity index (χ1n) is 5.14. The van der Waals surface area contributed by atoms with E-state index in [1.165, 1.54) is 0 Å². The van der Waals surface area contributed by atoms with Crippen LogP contribution in [0.2, 0.25) is 0 Å². The Morgan fingerprint density at radius 2 is 1.86 bits per heavy atom. The molecule has 2 N–H and O–H groups in total. The largest absolute Gasteiger partial charge is 0.573 e. The molecule has 1 aromatic rings. The van der Waals surface area contributed by atoms with Crippen LogP contribution in [0.4, 0.5) is 26.3 Å². The fraction of sp³-hybridized carbons (Fsp3) is 0.400. The Morgan fingerprint density at radius 1 is 1.29 bits per heavy atom. The molecule has 0 saturated heterocycles. The summed E-state index contributed by atoms with van der Waals surface area (Å²) in [5, 5.41) is 0. The van der Waals surface area contributed by atoms with Crippen LogP contribution in [-0.2, 0) is 17.5 Å². The van der Waals surface area contributed by atoms with Gasteiger partial charge in [-0.05, 0) is 0 Å². The zero-order valence-corrected chi connectivity index (χ0v) is 10.3. The molecular formula is C10H8F6N2O3. The molecular weight excluding hydrogens is 310 g/mol. The normalized spacial score (nSPS) is 12.2. The van der Waals surface area contributed by atoms with Crippen molar-refractivity contribution in [3.05, 3.63) is 23.0 Å². The Hall–Kier alpha value is -2.04. The number of nitrogens with two attached hydrogens (primary N) is 1. The Kier molecular flexibility index (Phi) is 4.66. The number of hydrogen-bond acceptors (Lipinski definition) is 5. The molecule has 0 unspecified atom stereocenters. The van der Waals surface area contributed by atoms with Crippen molar-refractivity contribution in [1.29, 1.82) is 0 Å². The summed E-state index contributed by atoms with van der Waals surface area (Å²) in [5.74, 6) is -3.05. The third-order valence-corrected chi connectivity index (χ3v) is 2.20. The van der Waals surface area contributed by atoms with Crippen molar-refractivity contribution in [3.63, 3.8) is 0 Å². The second kappa shape index (κ2) is 5.76. The first-order chi connectivity index (χ1) is 9.51. The number of esters is 1. The van der Waals surface area contributed by atoms with E-state index in [0.29, 0.717) is 13.3 Å². The fourth-order valence-corrected chi connectivity index (χ4v) is 1.42. The maximum absolute atomic E-state index is 12.8. The number of hydrogen-bond donors (Lipinski definition) is 1. The number of rotatable bonds is 3. The lowest BCUT2D eigenvalue weighted by Gasteiger charge is -2.18. The molecule has 1 rings (SSSR count). The van der Waals surface area contributed by atoms with E-state index >= 15 is 0 Å². The van der Waals surface area contributed by atoms with Crippen LogP contribution < -0.4 is 10.5 Å². The van der Waals surface area contributed by atoms with E-state index in [-0.39, 0.29) is 0 Å². The summed E-state index contributed by atoms with van der Waals surface area (Å²) in [7, 11) is 0.703. The standard InChI is InChI=1S/C10H8F6N2O3/c1-20-8(19)5-6(21-10(14,15)16)4(2-17)3-18-7(5)9(11,12)13/h3H,2,17H2,1H3. The summed E-state index contributed by atoms with van der Waals surface area (Å²) >= 11 is 0. The Labute approximate surface area is 113 Å². The van der Waals surface area contributed by atoms with Gasteiger partial charge in [-0.1, -0.05) is 0 Å². The van der Waals surface area contributed by atoms with Gasteiger partial charge in [-0.2, -0.15) is 13.2 Å². The van der Waals surface area contributed by atoms with Crippen molar-refractivity contribution in [2.75, 3.05) is 7.11 Å². The average Bonchev–Trinajstić information content (AvgIpc) is 2.34. The summed E-state index contributed by atoms with van der Waals surface area (Å²) in [6.07, 6.45) is -10.0. The Balaban J connectivity index is 3.66. The number of alkyl halides is 6. The Bertz CT molecular complexity index is 541. The number of ether oxygens (including phenoxy) is 2. The first kappa shape index (κ1) is 17.0. The van der Waals surface area contributed by atoms with Crippen LogP contribution in [-0.4, -0.2) is 24.4 Å². The van der Waals surface area contributed by atoms with Crippen LogP contribution in [0.25, 0.3) is 0 Å². The van der Waals surface area contributed by atoms with Gasteiger partial charge in [-0.3, -0.25) is 4.98 Å². The van der Waals surface area contributed by atoms with Crippen molar-refractivity contribution in [3.8, 4) is 5.75 Å². The van der Waals surface area contributed by atoms with E-state index in [1.54, 1.807) is 0 Å². The minimum absolute atomic E-state index is 0.455. The number of aromatic nitrogens is 1. The SMILES string of the molecule is COC(=O)c1c(C(F)(F)F)ncc(CN)c1OC(F)(F)F. The van der Waals surface area contributed by atoms with E-state index in [9.17, 15) is 31.1 Å². The zero-order chi connectivity index (χ0) is 16.4. The van der Waals surface area contributed by atoms with Gasteiger partial charge in [0, 0.05) is 18.3 Å². The lowest BCUT2D eigenvalue weighted by molar-refractivity contribution is -0.275. The van der Waals surface area contributed by atoms with Crippen LogP contribution in [0, 0.1) is 0 Å². The van der Waals surface area contributed by atoms with E-state index in [1.807, 2.05) is 0 Å². The molecule has 1 aromatic heterocycles. The van der Waals surface area contributed by atoms with Crippen LogP contribution in [0.15, 0.2) is 6.20 Å². The minimum atomic E-state index is -5.32. The molecule has 118 valence electrons. The smallest absolute Gasteiger partial charge is 0.465 e. The molecule has 0 spiro atoms. The van der Waals surface area contributed by atoms with E-state index < -0.39 is 47.6 Å². The number of nitrogens with zero attached hydrogens (tertiary/aromatic N) is 1. The molecule has 0 aromatic carbocycles. The highest BCUT2D eigenvalue weighted by Crippen LogP contribution is 2.38. The second-order valence-electron chi connectivity index (χ2n) is 3.58. The molecule has 0 aliphatic rings. The quantitative estimate of drug-likeness (QED) is 0.683. The summed E-state index contributed by atoms with van der Waals surface area (Å²) < 4.78 is 82.8. The predicted octanol–water partition coefficient (Wildman–Crippen LogP) is 2.24. The van der Waals surface area contributed by atoms with Crippen molar-refractivity contribution >= 4 is 5.97 Å². The monoisotopic (exact) mass is 318 g/mol. The highest BCUT2D eigenvalue weighted by molar-refractivity contribution is 5.94. The summed E-state index contributed by atoms with van der Waals surface area (Å²) in [5.41, 5.74) is 1.25. The third-order valence-electron chi connectivity index (χ3n) is 2.20. The van der Waals surface area contributed by atoms with Gasteiger partial charge in [-0.25, -0.2) is 4.79 Å². The third kappa shape index (κ3) is 3.97. The zero-order valence-electron chi connectivity index (χ0n) is 10.3. The van der Waals surface area contributed by atoms with Crippen LogP contribution >= 0.6 is 0 Å². The van der Waals surface area contributed by atoms with E-state index in [2.05, 4.69) is 14.5 Å². The molecule has 0 fully saturated rings. The topological polar surface area (TPSA) is 74.4 Å². The molecule has 0 atom stereocenters. The van der Waals surface area contributed by atoms with Crippen LogP contribution in [0.1, 0.15) is 21.6 Å². The van der Waals surface area contributed by atoms with Crippen molar-refractivity contribution < 1.29 is 40.6 Å². The van der Waals surface area contributed by atoms with E-state index in [4.69, 9.17) is 5.73 Å². The maximum Gasteiger partial charge on any atom is 0.573 e. The average molecular weight is 318 g/mol. The number of carbonyl (C=O) groups excluding carboxylic acids is 1. The number of halogens is 6. The lowest BCUT2D eigenvalue weighted by atomic mass is 10.1. The number of methoxy groups -OCH3 is 1. The molecule has 0 saturated carbocycles. The maximum atomic E-state index is 12.8. The van der Waals surface area contributed by atoms with E-state index in [0.717, 1.165) is 0 Å². The summed E-state index contributed by atoms with van der Waals surface area (Å²) in [6.45, 7) is -0.624. The van der Waals surface area contributed by atoms with Gasteiger partial charge in [0.05, 0.1) is 7.11 Å². The Morgan fingerprint density at radius 3 is 2.24 bits per heavy atom. The molecule has 0 aliphatic heterocycles. The molecule has 0 radical (unpaired) electrons. The summed E-state index contributed by atoms with van der Waals surface area (Å²) in [6, 6.07) is 0. The summed E-state index contributed by atoms with van der Waals surface area (Å²) in [4.78, 5) is 14.3. The number of pyridine rings is 1. The molecule has 0 bridgehead atoms. The van der Waals surface area contributed by atoms with Crippen LogP contribution in [0.3, 0.4) is 0 Å². The second-order valence-corrected chi connectivity index (χ2v) is 3.58. The lowest BCUT2D eigenvalue weighted by Crippen LogP contribution is -2.25. The predicted molar refractivity (Wildman–Crippen MR) is 55.2 cm³/mol. The highest BCUT2D eigenvalue weighted by atomic mass is 19.4. The first-order valence-corrected chi connectivity index (χ1v) is 5.14. The van der Waals surface area contributed by atoms with Crippen molar-refractivity contribution in [2.45, 2.75) is 19.1 Å². The van der Waals surface area contributed by atoms with Gasteiger partial charge < -0.3 is 15.2 Å². The molecule has 11 heteroatoms. The molecule has 21 heavy (non-hydrogen) atoms. The highest BCUT2D eigenvalue weighted by Gasteiger charge is 2.43. The van der Waals surface area contributed by atoms with Gasteiger partial charge in [-0.15, -0.1) is 13.2 Å². The minimum Gasteiger partial charge on any atom is -0.465 e. The van der Waals surface area contributed by atoms with Gasteiger partial charge in [0.15, 0.2) is 11.4 Å². The molecule has 0 aliphatic carbocycles. The van der Waals surface area contributed by atoms with Gasteiger partial charge in [0.2, 0.25) is 0 Å². The van der Waals surface area contributed by atoms with Gasteiger partial charge in [0.25, 0.3) is 0 Å².